The molecule has 0 saturated carbocycles. The molecule has 0 fully saturated rings. The predicted octanol–water partition coefficient (Wildman–Crippen LogP) is 5.29. The maximum Gasteiger partial charge on any atom is 0.325 e. The van der Waals surface area contributed by atoms with Crippen LogP contribution in [0.1, 0.15) is 16.7 Å². The minimum Gasteiger partial charge on any atom is -0.424 e. The fourth-order valence-electron chi connectivity index (χ4n) is 2.83. The maximum atomic E-state index is 13.5. The van der Waals surface area contributed by atoms with E-state index in [4.69, 9.17) is 9.15 Å². The average molecular weight is 364 g/mol. The van der Waals surface area contributed by atoms with Gasteiger partial charge >= 0.3 is 6.01 Å². The summed E-state index contributed by atoms with van der Waals surface area (Å²) in [5, 5.41) is 11.9. The molecule has 4 aromatic rings. The zero-order valence-electron chi connectivity index (χ0n) is 14.9. The summed E-state index contributed by atoms with van der Waals surface area (Å²) in [6.07, 6.45) is 1.47. The molecule has 0 atom stereocenters. The third kappa shape index (κ3) is 3.31. The van der Waals surface area contributed by atoms with Crippen LogP contribution in [0.3, 0.4) is 0 Å². The van der Waals surface area contributed by atoms with Crippen molar-refractivity contribution in [3.05, 3.63) is 59.0 Å². The Hall–Kier alpha value is -3.48. The van der Waals surface area contributed by atoms with Crippen molar-refractivity contribution in [1.29, 1.82) is 0 Å². The summed E-state index contributed by atoms with van der Waals surface area (Å²) >= 11 is 0. The van der Waals surface area contributed by atoms with Crippen LogP contribution in [0, 0.1) is 26.6 Å². The average Bonchev–Trinajstić information content (AvgIpc) is 3.01. The Morgan fingerprint density at radius 2 is 1.74 bits per heavy atom. The number of oxazole rings is 1. The van der Waals surface area contributed by atoms with Gasteiger partial charge in [0.25, 0.3) is 5.71 Å². The first-order valence-corrected chi connectivity index (χ1v) is 8.26. The van der Waals surface area contributed by atoms with Crippen molar-refractivity contribution < 1.29 is 18.7 Å². The fourth-order valence-corrected chi connectivity index (χ4v) is 2.83. The van der Waals surface area contributed by atoms with E-state index in [-0.39, 0.29) is 17.5 Å². The molecule has 2 aromatic carbocycles. The first-order chi connectivity index (χ1) is 12.9. The highest BCUT2D eigenvalue weighted by Crippen LogP contribution is 2.31. The van der Waals surface area contributed by atoms with E-state index in [2.05, 4.69) is 15.0 Å². The molecule has 2 aromatic heterocycles. The van der Waals surface area contributed by atoms with Gasteiger partial charge in [-0.25, -0.2) is 14.4 Å². The summed E-state index contributed by atoms with van der Waals surface area (Å²) in [6, 6.07) is 7.80. The largest absolute Gasteiger partial charge is 0.424 e. The fraction of sp³-hybridized carbons (Fsp3) is 0.150. The molecule has 0 saturated heterocycles. The van der Waals surface area contributed by atoms with Crippen molar-refractivity contribution >= 4 is 11.2 Å². The van der Waals surface area contributed by atoms with Crippen molar-refractivity contribution in [3.63, 3.8) is 0 Å². The van der Waals surface area contributed by atoms with Crippen LogP contribution >= 0.6 is 0 Å². The van der Waals surface area contributed by atoms with Gasteiger partial charge in [0.2, 0.25) is 5.89 Å². The normalized spacial score (nSPS) is 11.1. The van der Waals surface area contributed by atoms with Crippen molar-refractivity contribution in [2.24, 2.45) is 0 Å². The Morgan fingerprint density at radius 1 is 1.00 bits per heavy atom. The number of rotatable bonds is 3. The first kappa shape index (κ1) is 17.0. The van der Waals surface area contributed by atoms with Crippen LogP contribution < -0.4 is 4.74 Å². The molecule has 0 aliphatic rings. The molecular weight excluding hydrogens is 349 g/mol. The van der Waals surface area contributed by atoms with Crippen LogP contribution in [0.15, 0.2) is 40.9 Å². The Morgan fingerprint density at radius 3 is 2.44 bits per heavy atom. The molecule has 7 heteroatoms. The van der Waals surface area contributed by atoms with E-state index in [1.165, 1.54) is 18.3 Å². The second-order valence-electron chi connectivity index (χ2n) is 6.37. The Bertz CT molecular complexity index is 1130. The maximum absolute atomic E-state index is 13.5. The molecule has 0 bridgehead atoms. The lowest BCUT2D eigenvalue weighted by Gasteiger charge is -2.04. The highest BCUT2D eigenvalue weighted by atomic mass is 19.1. The molecule has 2 heterocycles. The van der Waals surface area contributed by atoms with E-state index in [1.54, 1.807) is 39.0 Å². The SMILES string of the molecule is Cc1cc(F)cc(Oc2ncc3nc(-c4cc(C)c([O])c(C)c4)oc3n2)c1. The lowest BCUT2D eigenvalue weighted by Crippen LogP contribution is -1.92. The number of hydrogen-bond acceptors (Lipinski definition) is 5. The number of hydrogen-bond donors (Lipinski definition) is 0. The van der Waals surface area contributed by atoms with Crippen LogP contribution in [-0.2, 0) is 5.11 Å². The van der Waals surface area contributed by atoms with Gasteiger partial charge < -0.3 is 9.15 Å². The number of nitrogens with zero attached hydrogens (tertiary/aromatic N) is 3. The summed E-state index contributed by atoms with van der Waals surface area (Å²) in [7, 11) is 0. The number of halogens is 1. The second kappa shape index (κ2) is 6.35. The van der Waals surface area contributed by atoms with Gasteiger partial charge in [-0.05, 0) is 61.7 Å². The Kier molecular flexibility index (Phi) is 3.99. The van der Waals surface area contributed by atoms with E-state index in [9.17, 15) is 9.50 Å². The zero-order valence-corrected chi connectivity index (χ0v) is 14.9. The van der Waals surface area contributed by atoms with Crippen LogP contribution in [-0.4, -0.2) is 15.0 Å². The Labute approximate surface area is 154 Å². The van der Waals surface area contributed by atoms with Gasteiger partial charge in [-0.3, -0.25) is 5.11 Å². The highest BCUT2D eigenvalue weighted by Gasteiger charge is 2.15. The van der Waals surface area contributed by atoms with Gasteiger partial charge in [-0.15, -0.1) is 0 Å². The summed E-state index contributed by atoms with van der Waals surface area (Å²) in [4.78, 5) is 12.6. The van der Waals surface area contributed by atoms with E-state index < -0.39 is 5.82 Å². The van der Waals surface area contributed by atoms with Crippen molar-refractivity contribution in [1.82, 2.24) is 15.0 Å². The van der Waals surface area contributed by atoms with E-state index in [0.29, 0.717) is 33.8 Å². The monoisotopic (exact) mass is 364 g/mol. The molecule has 6 nitrogen and oxygen atoms in total. The van der Waals surface area contributed by atoms with Gasteiger partial charge in [0.05, 0.1) is 6.20 Å². The van der Waals surface area contributed by atoms with Gasteiger partial charge in [-0.2, -0.15) is 4.98 Å². The highest BCUT2D eigenvalue weighted by molar-refractivity contribution is 5.72. The van der Waals surface area contributed by atoms with E-state index in [1.807, 2.05) is 0 Å². The number of ether oxygens (including phenoxy) is 1. The summed E-state index contributed by atoms with van der Waals surface area (Å²) < 4.78 is 24.7. The predicted molar refractivity (Wildman–Crippen MR) is 95.9 cm³/mol. The van der Waals surface area contributed by atoms with Crippen LogP contribution in [0.2, 0.25) is 0 Å². The lowest BCUT2D eigenvalue weighted by atomic mass is 10.1. The quantitative estimate of drug-likeness (QED) is 0.494. The summed E-state index contributed by atoms with van der Waals surface area (Å²) in [5.74, 6) is 0.226. The zero-order chi connectivity index (χ0) is 19.1. The third-order valence-electron chi connectivity index (χ3n) is 4.06. The molecule has 0 spiro atoms. The number of fused-ring (bicyclic) bond motifs is 1. The van der Waals surface area contributed by atoms with Crippen molar-refractivity contribution in [2.75, 3.05) is 0 Å². The lowest BCUT2D eigenvalue weighted by molar-refractivity contribution is 0.348. The van der Waals surface area contributed by atoms with E-state index >= 15 is 0 Å². The molecule has 0 aliphatic carbocycles. The smallest absolute Gasteiger partial charge is 0.325 e. The topological polar surface area (TPSA) is 80.9 Å². The molecule has 0 N–H and O–H groups in total. The van der Waals surface area contributed by atoms with Gasteiger partial charge in [0.1, 0.15) is 17.1 Å². The minimum absolute atomic E-state index is 0.00396. The molecule has 1 radical (unpaired) electrons. The first-order valence-electron chi connectivity index (χ1n) is 8.26. The van der Waals surface area contributed by atoms with Crippen molar-refractivity contribution in [2.45, 2.75) is 20.8 Å². The standard InChI is InChI=1S/C20H15FN3O3/c1-10-4-14(21)8-15(5-10)26-20-22-9-16-19(24-20)27-18(23-16)13-6-11(2)17(25)12(3)7-13/h4-9H,1-3H3. The number of aromatic nitrogens is 3. The van der Waals surface area contributed by atoms with E-state index in [0.717, 1.165) is 5.56 Å². The third-order valence-corrected chi connectivity index (χ3v) is 4.06. The van der Waals surface area contributed by atoms with Gasteiger partial charge in [0, 0.05) is 11.6 Å². The molecule has 27 heavy (non-hydrogen) atoms. The molecule has 4 rings (SSSR count). The second-order valence-corrected chi connectivity index (χ2v) is 6.37. The molecule has 135 valence electrons. The molecule has 0 aliphatic heterocycles. The number of aryl methyl sites for hydroxylation is 3. The van der Waals surface area contributed by atoms with Gasteiger partial charge in [-0.1, -0.05) is 0 Å². The van der Waals surface area contributed by atoms with Crippen LogP contribution in [0.4, 0.5) is 4.39 Å². The summed E-state index contributed by atoms with van der Waals surface area (Å²) in [6.45, 7) is 5.25. The molecule has 0 amide bonds. The van der Waals surface area contributed by atoms with Gasteiger partial charge in [0.15, 0.2) is 5.75 Å². The molecular formula is C20H15FN3O3. The summed E-state index contributed by atoms with van der Waals surface area (Å²) in [5.41, 5.74) is 3.33. The Balaban J connectivity index is 1.69. The minimum atomic E-state index is -0.402. The van der Waals surface area contributed by atoms with Crippen LogP contribution in [0.25, 0.3) is 22.7 Å². The molecule has 0 unspecified atom stereocenters. The van der Waals surface area contributed by atoms with Crippen molar-refractivity contribution in [3.8, 4) is 29.0 Å². The number of benzene rings is 2. The van der Waals surface area contributed by atoms with Crippen LogP contribution in [0.5, 0.6) is 17.5 Å².